The molecule has 2 aliphatic rings. The topological polar surface area (TPSA) is 64.6 Å². The van der Waals surface area contributed by atoms with Crippen molar-refractivity contribution in [1.82, 2.24) is 15.1 Å². The monoisotopic (exact) mass is 337 g/mol. The van der Waals surface area contributed by atoms with Crippen LogP contribution >= 0.6 is 0 Å². The zero-order valence-corrected chi connectivity index (χ0v) is 14.5. The highest BCUT2D eigenvalue weighted by molar-refractivity contribution is 5.94. The van der Waals surface area contributed by atoms with Crippen molar-refractivity contribution >= 4 is 17.3 Å². The molecule has 0 aliphatic carbocycles. The fraction of sp³-hybridized carbons (Fsp3) is 0.421. The number of hydrogen-bond donors (Lipinski definition) is 1. The molecule has 0 bridgehead atoms. The Kier molecular flexibility index (Phi) is 4.26. The second kappa shape index (κ2) is 6.70. The van der Waals surface area contributed by atoms with Crippen molar-refractivity contribution in [2.45, 2.75) is 32.1 Å². The Bertz CT molecular complexity index is 766. The molecule has 1 amide bonds. The number of anilines is 1. The summed E-state index contributed by atoms with van der Waals surface area (Å²) in [5.41, 5.74) is 4.06. The van der Waals surface area contributed by atoms with Gasteiger partial charge >= 0.3 is 0 Å². The molecular weight excluding hydrogens is 314 g/mol. The van der Waals surface area contributed by atoms with Gasteiger partial charge < -0.3 is 4.90 Å². The van der Waals surface area contributed by atoms with Crippen LogP contribution in [0.15, 0.2) is 41.6 Å². The molecule has 1 atom stereocenters. The van der Waals surface area contributed by atoms with E-state index in [1.165, 1.54) is 0 Å². The highest BCUT2D eigenvalue weighted by Gasteiger charge is 2.26. The van der Waals surface area contributed by atoms with Gasteiger partial charge in [0.25, 0.3) is 5.91 Å². The van der Waals surface area contributed by atoms with Gasteiger partial charge in [-0.25, -0.2) is 0 Å². The highest BCUT2D eigenvalue weighted by Crippen LogP contribution is 2.27. The molecule has 0 spiro atoms. The van der Waals surface area contributed by atoms with Crippen LogP contribution in [-0.4, -0.2) is 46.4 Å². The van der Waals surface area contributed by atoms with Crippen LogP contribution in [0.5, 0.6) is 0 Å². The van der Waals surface area contributed by atoms with Gasteiger partial charge in [0.1, 0.15) is 0 Å². The summed E-state index contributed by atoms with van der Waals surface area (Å²) in [6.07, 6.45) is 4.90. The van der Waals surface area contributed by atoms with Gasteiger partial charge in [0.05, 0.1) is 5.69 Å². The van der Waals surface area contributed by atoms with Crippen molar-refractivity contribution in [3.63, 3.8) is 0 Å². The molecule has 130 valence electrons. The van der Waals surface area contributed by atoms with Gasteiger partial charge in [-0.15, -0.1) is 0 Å². The largest absolute Gasteiger partial charge is 0.338 e. The molecule has 1 aromatic heterocycles. The number of piperidine rings is 1. The van der Waals surface area contributed by atoms with Gasteiger partial charge in [0.2, 0.25) is 0 Å². The number of benzene rings is 1. The van der Waals surface area contributed by atoms with Crippen LogP contribution in [-0.2, 0) is 0 Å². The van der Waals surface area contributed by atoms with E-state index >= 15 is 0 Å². The number of carbonyl (C=O) groups is 1. The van der Waals surface area contributed by atoms with Crippen molar-refractivity contribution in [3.05, 3.63) is 47.8 Å². The lowest BCUT2D eigenvalue weighted by molar-refractivity contribution is 0.0706. The van der Waals surface area contributed by atoms with E-state index in [0.29, 0.717) is 5.92 Å². The van der Waals surface area contributed by atoms with E-state index in [9.17, 15) is 4.79 Å². The van der Waals surface area contributed by atoms with Crippen LogP contribution in [0.25, 0.3) is 0 Å². The first-order valence-electron chi connectivity index (χ1n) is 8.91. The molecule has 1 saturated heterocycles. The summed E-state index contributed by atoms with van der Waals surface area (Å²) in [4.78, 5) is 14.8. The lowest BCUT2D eigenvalue weighted by atomic mass is 9.94. The van der Waals surface area contributed by atoms with Gasteiger partial charge in [0, 0.05) is 55.1 Å². The summed E-state index contributed by atoms with van der Waals surface area (Å²) in [6, 6.07) is 9.82. The molecule has 1 fully saturated rings. The van der Waals surface area contributed by atoms with Gasteiger partial charge in [-0.3, -0.25) is 14.9 Å². The number of H-pyrrole nitrogens is 1. The summed E-state index contributed by atoms with van der Waals surface area (Å²) in [5.74, 6) is 0.457. The van der Waals surface area contributed by atoms with Crippen molar-refractivity contribution in [1.29, 1.82) is 0 Å². The molecule has 6 nitrogen and oxygen atoms in total. The summed E-state index contributed by atoms with van der Waals surface area (Å²) >= 11 is 0. The molecule has 0 radical (unpaired) electrons. The average molecular weight is 337 g/mol. The number of carbonyl (C=O) groups excluding carboxylic acids is 1. The number of likely N-dealkylation sites (tertiary alicyclic amines) is 1. The van der Waals surface area contributed by atoms with E-state index in [2.05, 4.69) is 15.3 Å². The van der Waals surface area contributed by atoms with Crippen molar-refractivity contribution < 1.29 is 4.79 Å². The van der Waals surface area contributed by atoms with Gasteiger partial charge in [-0.2, -0.15) is 10.2 Å². The van der Waals surface area contributed by atoms with Crippen molar-refractivity contribution in [2.24, 2.45) is 5.10 Å². The molecule has 2 aliphatic heterocycles. The summed E-state index contributed by atoms with van der Waals surface area (Å²) in [7, 11) is 0. The smallest absolute Gasteiger partial charge is 0.253 e. The van der Waals surface area contributed by atoms with Crippen molar-refractivity contribution in [2.75, 3.05) is 24.6 Å². The van der Waals surface area contributed by atoms with Gasteiger partial charge in [-0.05, 0) is 50.1 Å². The maximum atomic E-state index is 12.9. The van der Waals surface area contributed by atoms with E-state index in [1.54, 1.807) is 6.20 Å². The minimum Gasteiger partial charge on any atom is -0.338 e. The zero-order chi connectivity index (χ0) is 17.2. The lowest BCUT2D eigenvalue weighted by Crippen LogP contribution is -2.39. The van der Waals surface area contributed by atoms with Crippen LogP contribution in [0, 0.1) is 0 Å². The number of aromatic nitrogens is 2. The van der Waals surface area contributed by atoms with Crippen LogP contribution < -0.4 is 5.01 Å². The number of rotatable bonds is 3. The Hall–Kier alpha value is -2.63. The molecule has 1 N–H and O–H groups in total. The van der Waals surface area contributed by atoms with E-state index < -0.39 is 0 Å². The molecule has 0 saturated carbocycles. The zero-order valence-electron chi connectivity index (χ0n) is 14.5. The maximum Gasteiger partial charge on any atom is 0.253 e. The third-order valence-electron chi connectivity index (χ3n) is 5.06. The van der Waals surface area contributed by atoms with Crippen LogP contribution in [0.4, 0.5) is 5.69 Å². The first-order valence-corrected chi connectivity index (χ1v) is 8.91. The Morgan fingerprint density at radius 3 is 2.72 bits per heavy atom. The number of hydrogen-bond acceptors (Lipinski definition) is 4. The van der Waals surface area contributed by atoms with Gasteiger partial charge in [-0.1, -0.05) is 0 Å². The predicted octanol–water partition coefficient (Wildman–Crippen LogP) is 3.02. The van der Waals surface area contributed by atoms with E-state index in [4.69, 9.17) is 0 Å². The highest BCUT2D eigenvalue weighted by atomic mass is 16.2. The second-order valence-electron chi connectivity index (χ2n) is 6.86. The maximum absolute atomic E-state index is 12.9. The second-order valence-corrected chi connectivity index (χ2v) is 6.86. The van der Waals surface area contributed by atoms with Crippen LogP contribution in [0.1, 0.15) is 48.2 Å². The number of nitrogens with one attached hydrogen (secondary N) is 1. The SMILES string of the molecule is CC1=NN(c2ccc(C(=O)N3CCCC(c4ccn[nH]4)C3)cc2)CC1. The molecule has 6 heteroatoms. The van der Waals surface area contributed by atoms with E-state index in [1.807, 2.05) is 47.2 Å². The van der Waals surface area contributed by atoms with Crippen LogP contribution in [0.3, 0.4) is 0 Å². The summed E-state index contributed by atoms with van der Waals surface area (Å²) in [6.45, 7) is 4.53. The Morgan fingerprint density at radius 1 is 1.20 bits per heavy atom. The standard InChI is InChI=1S/C19H23N5O/c1-14-9-12-24(22-14)17-6-4-15(5-7-17)19(25)23-11-2-3-16(13-23)18-8-10-20-21-18/h4-8,10,16H,2-3,9,11-13H2,1H3,(H,20,21). The lowest BCUT2D eigenvalue weighted by Gasteiger charge is -2.32. The van der Waals surface area contributed by atoms with Crippen LogP contribution in [0.2, 0.25) is 0 Å². The predicted molar refractivity (Wildman–Crippen MR) is 98.0 cm³/mol. The third kappa shape index (κ3) is 3.29. The Balaban J connectivity index is 1.45. The molecule has 3 heterocycles. The molecule has 25 heavy (non-hydrogen) atoms. The van der Waals surface area contributed by atoms with Crippen molar-refractivity contribution in [3.8, 4) is 0 Å². The molecule has 1 unspecified atom stereocenters. The Labute approximate surface area is 147 Å². The number of hydrazone groups is 1. The minimum absolute atomic E-state index is 0.108. The Morgan fingerprint density at radius 2 is 2.04 bits per heavy atom. The summed E-state index contributed by atoms with van der Waals surface area (Å²) in [5, 5.41) is 13.6. The van der Waals surface area contributed by atoms with E-state index in [0.717, 1.165) is 61.6 Å². The average Bonchev–Trinajstić information content (AvgIpc) is 3.33. The van der Waals surface area contributed by atoms with Gasteiger partial charge in [0.15, 0.2) is 0 Å². The minimum atomic E-state index is 0.108. The molecular formula is C19H23N5O. The first kappa shape index (κ1) is 15.9. The number of nitrogens with zero attached hydrogens (tertiary/aromatic N) is 4. The molecule has 2 aromatic rings. The number of aromatic amines is 1. The van der Waals surface area contributed by atoms with E-state index in [-0.39, 0.29) is 5.91 Å². The molecule has 1 aromatic carbocycles. The number of amides is 1. The fourth-order valence-electron chi connectivity index (χ4n) is 3.63. The summed E-state index contributed by atoms with van der Waals surface area (Å²) < 4.78 is 0. The quantitative estimate of drug-likeness (QED) is 0.936. The fourth-order valence-corrected chi connectivity index (χ4v) is 3.63. The molecule has 4 rings (SSSR count). The normalized spacial score (nSPS) is 20.7. The third-order valence-corrected chi connectivity index (χ3v) is 5.06. The first-order chi connectivity index (χ1) is 12.2.